The van der Waals surface area contributed by atoms with Crippen LogP contribution in [0.5, 0.6) is 0 Å². The molecule has 156 valence electrons. The maximum absolute atomic E-state index is 11.5. The van der Waals surface area contributed by atoms with Crippen LogP contribution in [0.1, 0.15) is 85.5 Å². The van der Waals surface area contributed by atoms with E-state index in [1.807, 2.05) is 0 Å². The van der Waals surface area contributed by atoms with E-state index in [0.29, 0.717) is 35.5 Å². The van der Waals surface area contributed by atoms with Gasteiger partial charge in [-0.15, -0.1) is 0 Å². The first-order valence-corrected chi connectivity index (χ1v) is 11.8. The van der Waals surface area contributed by atoms with Crippen molar-refractivity contribution in [3.8, 4) is 0 Å². The SMILES string of the molecule is CCC[C@@H](C)C1CC[C@H]2[C@H]3C(CC(O)C12C)C1(C)CC[C@@H](O)C[C@@H]1C[C@@H]3O. The van der Waals surface area contributed by atoms with Gasteiger partial charge in [-0.05, 0) is 91.3 Å². The molecule has 4 rings (SSSR count). The molecule has 5 unspecified atom stereocenters. The Balaban J connectivity index is 1.66. The maximum Gasteiger partial charge on any atom is 0.0602 e. The molecule has 3 N–H and O–H groups in total. The van der Waals surface area contributed by atoms with E-state index in [1.54, 1.807) is 0 Å². The lowest BCUT2D eigenvalue weighted by molar-refractivity contribution is -0.207. The number of aliphatic hydroxyl groups is 3. The van der Waals surface area contributed by atoms with Crippen LogP contribution < -0.4 is 0 Å². The number of fused-ring (bicyclic) bond motifs is 5. The monoisotopic (exact) mass is 378 g/mol. The summed E-state index contributed by atoms with van der Waals surface area (Å²) in [6.07, 6.45) is 8.64. The largest absolute Gasteiger partial charge is 0.393 e. The second-order valence-electron chi connectivity index (χ2n) is 11.3. The zero-order valence-electron chi connectivity index (χ0n) is 17.9. The maximum atomic E-state index is 11.5. The van der Waals surface area contributed by atoms with E-state index in [9.17, 15) is 15.3 Å². The van der Waals surface area contributed by atoms with Crippen LogP contribution in [0.15, 0.2) is 0 Å². The molecular formula is C24H42O3. The van der Waals surface area contributed by atoms with Crippen molar-refractivity contribution in [3.63, 3.8) is 0 Å². The Morgan fingerprint density at radius 2 is 1.70 bits per heavy atom. The molecule has 0 amide bonds. The molecule has 0 bridgehead atoms. The van der Waals surface area contributed by atoms with Gasteiger partial charge >= 0.3 is 0 Å². The number of rotatable bonds is 3. The average Bonchev–Trinajstić information content (AvgIpc) is 2.96. The molecule has 0 aliphatic heterocycles. The highest BCUT2D eigenvalue weighted by atomic mass is 16.3. The molecule has 4 saturated carbocycles. The van der Waals surface area contributed by atoms with Crippen molar-refractivity contribution >= 4 is 0 Å². The fraction of sp³-hybridized carbons (Fsp3) is 1.00. The van der Waals surface area contributed by atoms with Crippen LogP contribution in [0.3, 0.4) is 0 Å². The molecule has 0 heterocycles. The van der Waals surface area contributed by atoms with E-state index in [2.05, 4.69) is 27.7 Å². The van der Waals surface area contributed by atoms with Gasteiger partial charge < -0.3 is 15.3 Å². The van der Waals surface area contributed by atoms with Crippen molar-refractivity contribution in [3.05, 3.63) is 0 Å². The molecule has 0 radical (unpaired) electrons. The fourth-order valence-corrected chi connectivity index (χ4v) is 8.79. The van der Waals surface area contributed by atoms with E-state index >= 15 is 0 Å². The Labute approximate surface area is 165 Å². The smallest absolute Gasteiger partial charge is 0.0602 e. The summed E-state index contributed by atoms with van der Waals surface area (Å²) in [5.74, 6) is 2.86. The molecule has 4 fully saturated rings. The van der Waals surface area contributed by atoms with Crippen molar-refractivity contribution < 1.29 is 15.3 Å². The third kappa shape index (κ3) is 2.86. The van der Waals surface area contributed by atoms with Crippen LogP contribution in [0.2, 0.25) is 0 Å². The summed E-state index contributed by atoms with van der Waals surface area (Å²) < 4.78 is 0. The van der Waals surface area contributed by atoms with E-state index in [1.165, 1.54) is 25.7 Å². The number of hydrogen-bond acceptors (Lipinski definition) is 3. The third-order valence-corrected chi connectivity index (χ3v) is 10.3. The van der Waals surface area contributed by atoms with Crippen LogP contribution >= 0.6 is 0 Å². The lowest BCUT2D eigenvalue weighted by atomic mass is 9.43. The second-order valence-corrected chi connectivity index (χ2v) is 11.3. The first-order valence-electron chi connectivity index (χ1n) is 11.8. The minimum absolute atomic E-state index is 0.0336. The molecular weight excluding hydrogens is 336 g/mol. The fourth-order valence-electron chi connectivity index (χ4n) is 8.79. The Kier molecular flexibility index (Phi) is 5.22. The molecule has 4 aliphatic rings. The topological polar surface area (TPSA) is 60.7 Å². The third-order valence-electron chi connectivity index (χ3n) is 10.3. The van der Waals surface area contributed by atoms with Crippen LogP contribution in [0.4, 0.5) is 0 Å². The summed E-state index contributed by atoms with van der Waals surface area (Å²) in [6, 6.07) is 0. The second kappa shape index (κ2) is 6.99. The van der Waals surface area contributed by atoms with Gasteiger partial charge in [0.1, 0.15) is 0 Å². The quantitative estimate of drug-likeness (QED) is 0.683. The summed E-state index contributed by atoms with van der Waals surface area (Å²) in [6.45, 7) is 9.42. The molecule has 4 aliphatic carbocycles. The summed E-state index contributed by atoms with van der Waals surface area (Å²) >= 11 is 0. The van der Waals surface area contributed by atoms with Crippen molar-refractivity contribution in [2.75, 3.05) is 0 Å². The molecule has 11 atom stereocenters. The molecule has 0 aromatic heterocycles. The lowest BCUT2D eigenvalue weighted by Gasteiger charge is -2.63. The highest BCUT2D eigenvalue weighted by Crippen LogP contribution is 2.68. The summed E-state index contributed by atoms with van der Waals surface area (Å²) in [5.41, 5.74) is 0.146. The van der Waals surface area contributed by atoms with Gasteiger partial charge in [-0.1, -0.05) is 40.5 Å². The Morgan fingerprint density at radius 3 is 2.41 bits per heavy atom. The first-order chi connectivity index (χ1) is 12.7. The first kappa shape index (κ1) is 20.2. The number of aliphatic hydroxyl groups excluding tert-OH is 3. The normalized spacial score (nSPS) is 56.1. The summed E-state index contributed by atoms with van der Waals surface area (Å²) in [4.78, 5) is 0. The van der Waals surface area contributed by atoms with Crippen molar-refractivity contribution in [2.24, 2.45) is 46.3 Å². The standard InChI is InChI=1S/C24H42O3/c1-5-6-14(2)17-7-8-18-22-19(13-21(27)24(17,18)4)23(3)10-9-16(25)11-15(23)12-20(22)26/h14-22,25-27H,5-13H2,1-4H3/t14-,15-,16-,17?,18+,19?,20+,21?,22+,23?,24?/m1/s1. The zero-order chi connectivity index (χ0) is 19.6. The minimum atomic E-state index is -0.254. The van der Waals surface area contributed by atoms with Gasteiger partial charge in [0.05, 0.1) is 18.3 Å². The van der Waals surface area contributed by atoms with Gasteiger partial charge in [0.25, 0.3) is 0 Å². The average molecular weight is 379 g/mol. The van der Waals surface area contributed by atoms with Gasteiger partial charge in [0, 0.05) is 0 Å². The minimum Gasteiger partial charge on any atom is -0.393 e. The van der Waals surface area contributed by atoms with E-state index in [4.69, 9.17) is 0 Å². The van der Waals surface area contributed by atoms with Gasteiger partial charge in [-0.3, -0.25) is 0 Å². The van der Waals surface area contributed by atoms with Gasteiger partial charge in [-0.2, -0.15) is 0 Å². The van der Waals surface area contributed by atoms with Crippen LogP contribution in [0, 0.1) is 46.3 Å². The summed E-state index contributed by atoms with van der Waals surface area (Å²) in [7, 11) is 0. The van der Waals surface area contributed by atoms with E-state index < -0.39 is 0 Å². The number of hydrogen-bond donors (Lipinski definition) is 3. The van der Waals surface area contributed by atoms with Crippen molar-refractivity contribution in [2.45, 2.75) is 104 Å². The van der Waals surface area contributed by atoms with Crippen LogP contribution in [-0.4, -0.2) is 33.6 Å². The van der Waals surface area contributed by atoms with E-state index in [0.717, 1.165) is 32.1 Å². The predicted octanol–water partition coefficient (Wildman–Crippen LogP) is 4.38. The molecule has 0 spiro atoms. The zero-order valence-corrected chi connectivity index (χ0v) is 17.9. The van der Waals surface area contributed by atoms with E-state index in [-0.39, 0.29) is 29.1 Å². The molecule has 0 saturated heterocycles. The predicted molar refractivity (Wildman–Crippen MR) is 108 cm³/mol. The molecule has 0 aromatic carbocycles. The summed E-state index contributed by atoms with van der Waals surface area (Å²) in [5, 5.41) is 32.9. The Hall–Kier alpha value is -0.120. The van der Waals surface area contributed by atoms with Crippen LogP contribution in [0.25, 0.3) is 0 Å². The van der Waals surface area contributed by atoms with Gasteiger partial charge in [0.15, 0.2) is 0 Å². The molecule has 27 heavy (non-hydrogen) atoms. The van der Waals surface area contributed by atoms with Crippen LogP contribution in [-0.2, 0) is 0 Å². The van der Waals surface area contributed by atoms with Gasteiger partial charge in [-0.25, -0.2) is 0 Å². The highest BCUT2D eigenvalue weighted by Gasteiger charge is 2.65. The van der Waals surface area contributed by atoms with Crippen molar-refractivity contribution in [1.29, 1.82) is 0 Å². The van der Waals surface area contributed by atoms with Crippen molar-refractivity contribution in [1.82, 2.24) is 0 Å². The lowest BCUT2D eigenvalue weighted by Crippen LogP contribution is -2.62. The Bertz CT molecular complexity index is 550. The van der Waals surface area contributed by atoms with Gasteiger partial charge in [0.2, 0.25) is 0 Å². The molecule has 3 nitrogen and oxygen atoms in total. The molecule has 3 heteroatoms. The highest BCUT2D eigenvalue weighted by molar-refractivity contribution is 5.14. The Morgan fingerprint density at radius 1 is 0.963 bits per heavy atom. The molecule has 0 aromatic rings.